The third-order valence-corrected chi connectivity index (χ3v) is 2.81. The Morgan fingerprint density at radius 1 is 1.35 bits per heavy atom. The summed E-state index contributed by atoms with van der Waals surface area (Å²) < 4.78 is 13.7. The maximum absolute atomic E-state index is 13.7. The first-order valence-electron chi connectivity index (χ1n) is 6.63. The third-order valence-electron chi connectivity index (χ3n) is 2.81. The van der Waals surface area contributed by atoms with Crippen LogP contribution in [0, 0.1) is 5.82 Å². The molecule has 1 unspecified atom stereocenters. The Morgan fingerprint density at radius 2 is 2.20 bits per heavy atom. The zero-order valence-corrected chi connectivity index (χ0v) is 11.6. The van der Waals surface area contributed by atoms with E-state index in [-0.39, 0.29) is 11.9 Å². The molecule has 0 saturated heterocycles. The van der Waals surface area contributed by atoms with Crippen molar-refractivity contribution < 1.29 is 4.39 Å². The lowest BCUT2D eigenvalue weighted by atomic mass is 10.1. The quantitative estimate of drug-likeness (QED) is 0.848. The molecule has 0 aliphatic heterocycles. The molecule has 0 spiro atoms. The van der Waals surface area contributed by atoms with Gasteiger partial charge in [-0.25, -0.2) is 9.37 Å². The lowest BCUT2D eigenvalue weighted by Crippen LogP contribution is -2.12. The van der Waals surface area contributed by atoms with Gasteiger partial charge in [-0.2, -0.15) is 4.98 Å². The average Bonchev–Trinajstić information content (AvgIpc) is 2.49. The molecule has 2 aromatic heterocycles. The van der Waals surface area contributed by atoms with E-state index in [2.05, 4.69) is 25.6 Å². The molecule has 0 aromatic carbocycles. The van der Waals surface area contributed by atoms with Crippen LogP contribution in [-0.4, -0.2) is 21.5 Å². The molecule has 0 aliphatic carbocycles. The Balaban J connectivity index is 2.11. The van der Waals surface area contributed by atoms with Crippen molar-refractivity contribution in [3.8, 4) is 0 Å². The van der Waals surface area contributed by atoms with E-state index in [1.807, 2.05) is 26.0 Å². The van der Waals surface area contributed by atoms with Crippen LogP contribution in [0.4, 0.5) is 16.2 Å². The Bertz CT molecular complexity index is 547. The second-order valence-electron chi connectivity index (χ2n) is 4.47. The van der Waals surface area contributed by atoms with E-state index in [9.17, 15) is 4.39 Å². The maximum atomic E-state index is 13.7. The number of nitrogens with zero attached hydrogens (tertiary/aromatic N) is 3. The van der Waals surface area contributed by atoms with Crippen molar-refractivity contribution in [3.63, 3.8) is 0 Å². The lowest BCUT2D eigenvalue weighted by molar-refractivity contribution is 0.614. The van der Waals surface area contributed by atoms with Gasteiger partial charge in [-0.3, -0.25) is 4.98 Å². The maximum Gasteiger partial charge on any atom is 0.224 e. The second-order valence-corrected chi connectivity index (χ2v) is 4.47. The van der Waals surface area contributed by atoms with Gasteiger partial charge < -0.3 is 10.6 Å². The fourth-order valence-corrected chi connectivity index (χ4v) is 1.71. The van der Waals surface area contributed by atoms with Crippen LogP contribution >= 0.6 is 0 Å². The SMILES string of the molecule is CCCNc1ncc(F)c(NC(C)c2cccnc2)n1. The van der Waals surface area contributed by atoms with Gasteiger partial charge in [0.2, 0.25) is 5.95 Å². The summed E-state index contributed by atoms with van der Waals surface area (Å²) in [7, 11) is 0. The van der Waals surface area contributed by atoms with Gasteiger partial charge in [-0.05, 0) is 25.0 Å². The van der Waals surface area contributed by atoms with E-state index in [0.29, 0.717) is 5.95 Å². The highest BCUT2D eigenvalue weighted by Gasteiger charge is 2.11. The van der Waals surface area contributed by atoms with Crippen LogP contribution < -0.4 is 10.6 Å². The number of hydrogen-bond donors (Lipinski definition) is 2. The highest BCUT2D eigenvalue weighted by atomic mass is 19.1. The molecule has 0 fully saturated rings. The molecular weight excluding hydrogens is 257 g/mol. The van der Waals surface area contributed by atoms with Crippen LogP contribution in [0.15, 0.2) is 30.7 Å². The van der Waals surface area contributed by atoms with Gasteiger partial charge in [0.25, 0.3) is 0 Å². The fourth-order valence-electron chi connectivity index (χ4n) is 1.71. The molecule has 2 rings (SSSR count). The minimum Gasteiger partial charge on any atom is -0.361 e. The molecule has 6 heteroatoms. The Labute approximate surface area is 117 Å². The molecule has 2 aromatic rings. The van der Waals surface area contributed by atoms with Crippen LogP contribution in [0.3, 0.4) is 0 Å². The van der Waals surface area contributed by atoms with Crippen LogP contribution in [0.1, 0.15) is 31.9 Å². The molecule has 0 amide bonds. The first-order chi connectivity index (χ1) is 9.70. The molecule has 0 aliphatic rings. The minimum absolute atomic E-state index is 0.0906. The standard InChI is InChI=1S/C14H18FN5/c1-3-6-17-14-18-9-12(15)13(20-14)19-10(2)11-5-4-7-16-8-11/h4-5,7-10H,3,6H2,1-2H3,(H2,17,18,19,20). The Morgan fingerprint density at radius 3 is 2.90 bits per heavy atom. The van der Waals surface area contributed by atoms with E-state index in [1.54, 1.807) is 12.4 Å². The smallest absolute Gasteiger partial charge is 0.224 e. The highest BCUT2D eigenvalue weighted by Crippen LogP contribution is 2.19. The normalized spacial score (nSPS) is 11.9. The molecular formula is C14H18FN5. The fraction of sp³-hybridized carbons (Fsp3) is 0.357. The monoisotopic (exact) mass is 275 g/mol. The zero-order chi connectivity index (χ0) is 14.4. The van der Waals surface area contributed by atoms with Crippen molar-refractivity contribution in [2.24, 2.45) is 0 Å². The van der Waals surface area contributed by atoms with E-state index >= 15 is 0 Å². The van der Waals surface area contributed by atoms with Crippen molar-refractivity contribution in [2.45, 2.75) is 26.3 Å². The molecule has 1 atom stereocenters. The summed E-state index contributed by atoms with van der Waals surface area (Å²) in [6, 6.07) is 3.69. The average molecular weight is 275 g/mol. The van der Waals surface area contributed by atoms with Crippen LogP contribution in [0.5, 0.6) is 0 Å². The number of nitrogens with one attached hydrogen (secondary N) is 2. The number of rotatable bonds is 6. The molecule has 2 heterocycles. The number of anilines is 2. The lowest BCUT2D eigenvalue weighted by Gasteiger charge is -2.15. The minimum atomic E-state index is -0.470. The van der Waals surface area contributed by atoms with E-state index in [1.165, 1.54) is 6.20 Å². The van der Waals surface area contributed by atoms with Crippen molar-refractivity contribution in [1.82, 2.24) is 15.0 Å². The second kappa shape index (κ2) is 6.79. The predicted molar refractivity (Wildman–Crippen MR) is 77.0 cm³/mol. The summed E-state index contributed by atoms with van der Waals surface area (Å²) in [6.45, 7) is 4.72. The number of aromatic nitrogens is 3. The van der Waals surface area contributed by atoms with E-state index < -0.39 is 5.82 Å². The van der Waals surface area contributed by atoms with Crippen molar-refractivity contribution in [3.05, 3.63) is 42.1 Å². The van der Waals surface area contributed by atoms with Gasteiger partial charge in [-0.1, -0.05) is 13.0 Å². The molecule has 0 radical (unpaired) electrons. The topological polar surface area (TPSA) is 62.7 Å². The van der Waals surface area contributed by atoms with Crippen LogP contribution in [-0.2, 0) is 0 Å². The Hall–Kier alpha value is -2.24. The summed E-state index contributed by atoms with van der Waals surface area (Å²) >= 11 is 0. The zero-order valence-electron chi connectivity index (χ0n) is 11.6. The van der Waals surface area contributed by atoms with Gasteiger partial charge in [0.05, 0.1) is 12.2 Å². The molecule has 0 saturated carbocycles. The van der Waals surface area contributed by atoms with Crippen LogP contribution in [0.25, 0.3) is 0 Å². The van der Waals surface area contributed by atoms with Gasteiger partial charge in [0, 0.05) is 18.9 Å². The van der Waals surface area contributed by atoms with E-state index in [0.717, 1.165) is 18.5 Å². The van der Waals surface area contributed by atoms with Gasteiger partial charge in [0.1, 0.15) is 0 Å². The predicted octanol–water partition coefficient (Wildman–Crippen LogP) is 3.01. The summed E-state index contributed by atoms with van der Waals surface area (Å²) in [5.74, 6) is 0.145. The van der Waals surface area contributed by atoms with E-state index in [4.69, 9.17) is 0 Å². The van der Waals surface area contributed by atoms with Crippen molar-refractivity contribution in [2.75, 3.05) is 17.2 Å². The van der Waals surface area contributed by atoms with Crippen molar-refractivity contribution >= 4 is 11.8 Å². The molecule has 106 valence electrons. The largest absolute Gasteiger partial charge is 0.361 e. The number of pyridine rings is 1. The number of halogens is 1. The van der Waals surface area contributed by atoms with Crippen LogP contribution in [0.2, 0.25) is 0 Å². The summed E-state index contributed by atoms with van der Waals surface area (Å²) in [5.41, 5.74) is 0.966. The third kappa shape index (κ3) is 3.63. The Kier molecular flexibility index (Phi) is 4.81. The van der Waals surface area contributed by atoms with Gasteiger partial charge in [0.15, 0.2) is 11.6 Å². The molecule has 5 nitrogen and oxygen atoms in total. The first-order valence-corrected chi connectivity index (χ1v) is 6.63. The summed E-state index contributed by atoms with van der Waals surface area (Å²) in [4.78, 5) is 12.1. The summed E-state index contributed by atoms with van der Waals surface area (Å²) in [5, 5.41) is 6.07. The van der Waals surface area contributed by atoms with Gasteiger partial charge >= 0.3 is 0 Å². The van der Waals surface area contributed by atoms with Crippen molar-refractivity contribution in [1.29, 1.82) is 0 Å². The molecule has 0 bridgehead atoms. The highest BCUT2D eigenvalue weighted by molar-refractivity contribution is 5.43. The first kappa shape index (κ1) is 14.2. The number of hydrogen-bond acceptors (Lipinski definition) is 5. The van der Waals surface area contributed by atoms with Gasteiger partial charge in [-0.15, -0.1) is 0 Å². The molecule has 20 heavy (non-hydrogen) atoms. The molecule has 2 N–H and O–H groups in total. The summed E-state index contributed by atoms with van der Waals surface area (Å²) in [6.07, 6.45) is 5.57.